The molecule has 2 aliphatic heterocycles. The maximum atomic E-state index is 11.6. The van der Waals surface area contributed by atoms with Gasteiger partial charge in [0.05, 0.1) is 19.9 Å². The Morgan fingerprint density at radius 3 is 3.05 bits per heavy atom. The van der Waals surface area contributed by atoms with Crippen LogP contribution in [0.1, 0.15) is 22.5 Å². The van der Waals surface area contributed by atoms with Crippen molar-refractivity contribution in [1.82, 2.24) is 20.0 Å². The predicted octanol–water partition coefficient (Wildman–Crippen LogP) is 0.223. The summed E-state index contributed by atoms with van der Waals surface area (Å²) >= 11 is 0. The Bertz CT molecular complexity index is 572. The summed E-state index contributed by atoms with van der Waals surface area (Å²) in [4.78, 5) is 26.9. The fourth-order valence-electron chi connectivity index (χ4n) is 3.02. The standard InChI is InChI=1S/C13H18N4O4/c1-16-7-13(21-12(16)19)3-4-17(8-13)6-9-5-14-15-10(9)11(18)20-2/h5H,3-4,6-8H2,1-2H3,(H,14,15)/t13-/m1/s1. The molecule has 0 aliphatic carbocycles. The highest BCUT2D eigenvalue weighted by atomic mass is 16.6. The van der Waals surface area contributed by atoms with E-state index in [9.17, 15) is 9.59 Å². The molecule has 1 aromatic heterocycles. The Morgan fingerprint density at radius 1 is 1.57 bits per heavy atom. The van der Waals surface area contributed by atoms with Gasteiger partial charge in [-0.15, -0.1) is 0 Å². The average molecular weight is 294 g/mol. The summed E-state index contributed by atoms with van der Waals surface area (Å²) in [5.74, 6) is -0.427. The number of esters is 1. The third-order valence-electron chi connectivity index (χ3n) is 4.04. The van der Waals surface area contributed by atoms with E-state index >= 15 is 0 Å². The second kappa shape index (κ2) is 5.03. The Kier molecular flexibility index (Phi) is 3.32. The number of methoxy groups -OCH3 is 1. The monoisotopic (exact) mass is 294 g/mol. The molecule has 1 amide bonds. The van der Waals surface area contributed by atoms with Gasteiger partial charge in [-0.25, -0.2) is 9.59 Å². The van der Waals surface area contributed by atoms with Crippen LogP contribution in [0, 0.1) is 0 Å². The van der Waals surface area contributed by atoms with E-state index in [4.69, 9.17) is 9.47 Å². The first-order valence-corrected chi connectivity index (χ1v) is 6.80. The number of H-pyrrole nitrogens is 1. The van der Waals surface area contributed by atoms with Gasteiger partial charge in [0, 0.05) is 38.7 Å². The molecule has 0 radical (unpaired) electrons. The molecule has 2 aliphatic rings. The molecule has 1 atom stereocenters. The summed E-state index contributed by atoms with van der Waals surface area (Å²) < 4.78 is 10.2. The van der Waals surface area contributed by atoms with E-state index in [1.807, 2.05) is 0 Å². The molecular formula is C13H18N4O4. The fourth-order valence-corrected chi connectivity index (χ4v) is 3.02. The van der Waals surface area contributed by atoms with Gasteiger partial charge in [0.1, 0.15) is 11.3 Å². The first-order chi connectivity index (χ1) is 10.0. The lowest BCUT2D eigenvalue weighted by Gasteiger charge is -2.21. The van der Waals surface area contributed by atoms with E-state index in [-0.39, 0.29) is 6.09 Å². The van der Waals surface area contributed by atoms with Crippen molar-refractivity contribution in [2.75, 3.05) is 33.8 Å². The number of likely N-dealkylation sites (tertiary alicyclic amines) is 1. The van der Waals surface area contributed by atoms with Crippen LogP contribution in [0.3, 0.4) is 0 Å². The van der Waals surface area contributed by atoms with Crippen LogP contribution in [-0.4, -0.2) is 71.5 Å². The number of ether oxygens (including phenoxy) is 2. The first kappa shape index (κ1) is 13.9. The molecule has 0 bridgehead atoms. The quantitative estimate of drug-likeness (QED) is 0.803. The van der Waals surface area contributed by atoms with Crippen LogP contribution in [0.25, 0.3) is 0 Å². The van der Waals surface area contributed by atoms with Crippen LogP contribution in [-0.2, 0) is 16.0 Å². The number of likely N-dealkylation sites (N-methyl/N-ethyl adjacent to an activating group) is 1. The van der Waals surface area contributed by atoms with Gasteiger partial charge in [-0.05, 0) is 0 Å². The molecule has 8 nitrogen and oxygen atoms in total. The number of hydrogen-bond acceptors (Lipinski definition) is 6. The maximum Gasteiger partial charge on any atom is 0.410 e. The topological polar surface area (TPSA) is 87.8 Å². The second-order valence-electron chi connectivity index (χ2n) is 5.63. The minimum atomic E-state index is -0.427. The van der Waals surface area contributed by atoms with Gasteiger partial charge in [-0.3, -0.25) is 10.00 Å². The largest absolute Gasteiger partial charge is 0.464 e. The molecule has 1 spiro atoms. The fraction of sp³-hybridized carbons (Fsp3) is 0.615. The minimum absolute atomic E-state index is 0.268. The molecule has 0 saturated carbocycles. The summed E-state index contributed by atoms with van der Waals surface area (Å²) in [5.41, 5.74) is 0.747. The van der Waals surface area contributed by atoms with Gasteiger partial charge >= 0.3 is 12.1 Å². The molecule has 3 rings (SSSR count). The van der Waals surface area contributed by atoms with E-state index < -0.39 is 11.6 Å². The van der Waals surface area contributed by atoms with Crippen LogP contribution < -0.4 is 0 Å². The zero-order valence-corrected chi connectivity index (χ0v) is 12.1. The van der Waals surface area contributed by atoms with Gasteiger partial charge in [-0.2, -0.15) is 5.10 Å². The minimum Gasteiger partial charge on any atom is -0.464 e. The van der Waals surface area contributed by atoms with E-state index in [0.717, 1.165) is 18.5 Å². The van der Waals surface area contributed by atoms with E-state index in [1.54, 1.807) is 18.1 Å². The molecule has 8 heteroatoms. The van der Waals surface area contributed by atoms with Crippen LogP contribution in [0.4, 0.5) is 4.79 Å². The van der Waals surface area contributed by atoms with Crippen LogP contribution in [0.15, 0.2) is 6.20 Å². The van der Waals surface area contributed by atoms with Crippen molar-refractivity contribution in [2.45, 2.75) is 18.6 Å². The first-order valence-electron chi connectivity index (χ1n) is 6.80. The highest BCUT2D eigenvalue weighted by molar-refractivity contribution is 5.88. The van der Waals surface area contributed by atoms with Crippen LogP contribution >= 0.6 is 0 Å². The predicted molar refractivity (Wildman–Crippen MR) is 71.7 cm³/mol. The average Bonchev–Trinajstić information content (AvgIpc) is 3.12. The number of aromatic amines is 1. The Labute approximate surface area is 122 Å². The van der Waals surface area contributed by atoms with E-state index in [0.29, 0.717) is 25.3 Å². The SMILES string of the molecule is COC(=O)c1[nH]ncc1CN1CC[C@]2(C1)CN(C)C(=O)O2. The number of rotatable bonds is 3. The van der Waals surface area contributed by atoms with Crippen molar-refractivity contribution in [3.8, 4) is 0 Å². The number of aromatic nitrogens is 2. The number of amides is 1. The van der Waals surface area contributed by atoms with Gasteiger partial charge in [0.15, 0.2) is 0 Å². The molecule has 0 aromatic carbocycles. The third-order valence-corrected chi connectivity index (χ3v) is 4.04. The zero-order chi connectivity index (χ0) is 15.0. The zero-order valence-electron chi connectivity index (χ0n) is 12.1. The lowest BCUT2D eigenvalue weighted by atomic mass is 10.0. The van der Waals surface area contributed by atoms with Crippen molar-refractivity contribution < 1.29 is 19.1 Å². The normalized spacial score (nSPS) is 25.6. The molecule has 1 N–H and O–H groups in total. The molecule has 1 aromatic rings. The second-order valence-corrected chi connectivity index (χ2v) is 5.63. The lowest BCUT2D eigenvalue weighted by Crippen LogP contribution is -2.37. The Balaban J connectivity index is 1.67. The number of hydrogen-bond donors (Lipinski definition) is 1. The van der Waals surface area contributed by atoms with Crippen molar-refractivity contribution in [2.24, 2.45) is 0 Å². The van der Waals surface area contributed by atoms with Crippen LogP contribution in [0.5, 0.6) is 0 Å². The number of carbonyl (C=O) groups is 2. The number of nitrogens with one attached hydrogen (secondary N) is 1. The molecule has 0 unspecified atom stereocenters. The summed E-state index contributed by atoms with van der Waals surface area (Å²) in [6, 6.07) is 0. The van der Waals surface area contributed by atoms with Gasteiger partial charge in [0.25, 0.3) is 0 Å². The molecular weight excluding hydrogens is 276 g/mol. The molecule has 3 heterocycles. The van der Waals surface area contributed by atoms with Crippen LogP contribution in [0.2, 0.25) is 0 Å². The van der Waals surface area contributed by atoms with E-state index in [2.05, 4.69) is 15.1 Å². The van der Waals surface area contributed by atoms with Crippen molar-refractivity contribution in [1.29, 1.82) is 0 Å². The smallest absolute Gasteiger partial charge is 0.410 e. The van der Waals surface area contributed by atoms with E-state index in [1.165, 1.54) is 7.11 Å². The molecule has 21 heavy (non-hydrogen) atoms. The van der Waals surface area contributed by atoms with Crippen molar-refractivity contribution >= 4 is 12.1 Å². The Morgan fingerprint density at radius 2 is 2.38 bits per heavy atom. The molecule has 2 fully saturated rings. The third kappa shape index (κ3) is 2.46. The van der Waals surface area contributed by atoms with Gasteiger partial charge < -0.3 is 14.4 Å². The maximum absolute atomic E-state index is 11.6. The van der Waals surface area contributed by atoms with Crippen molar-refractivity contribution in [3.05, 3.63) is 17.5 Å². The number of nitrogens with zero attached hydrogens (tertiary/aromatic N) is 3. The molecule has 2 saturated heterocycles. The molecule has 114 valence electrons. The van der Waals surface area contributed by atoms with Crippen molar-refractivity contribution in [3.63, 3.8) is 0 Å². The Hall–Kier alpha value is -2.09. The summed E-state index contributed by atoms with van der Waals surface area (Å²) in [6.45, 7) is 2.66. The summed E-state index contributed by atoms with van der Waals surface area (Å²) in [6.07, 6.45) is 2.16. The van der Waals surface area contributed by atoms with Gasteiger partial charge in [-0.1, -0.05) is 0 Å². The van der Waals surface area contributed by atoms with Gasteiger partial charge in [0.2, 0.25) is 0 Å². The summed E-state index contributed by atoms with van der Waals surface area (Å²) in [7, 11) is 3.08. The lowest BCUT2D eigenvalue weighted by molar-refractivity contribution is 0.0590. The highest BCUT2D eigenvalue weighted by Crippen LogP contribution is 2.32. The highest BCUT2D eigenvalue weighted by Gasteiger charge is 2.48. The summed E-state index contributed by atoms with van der Waals surface area (Å²) in [5, 5.41) is 6.56. The number of carbonyl (C=O) groups excluding carboxylic acids is 2.